The molecule has 2 saturated heterocycles. The number of likely N-dealkylation sites (tertiary alicyclic amines) is 1. The minimum atomic E-state index is -2.92. The third-order valence-corrected chi connectivity index (χ3v) is 6.56. The number of aromatic nitrogens is 5. The number of carbonyl (C=O) groups is 1. The molecule has 186 valence electrons. The summed E-state index contributed by atoms with van der Waals surface area (Å²) in [5.74, 6) is -0.198. The number of imidazole rings is 1. The molecule has 13 heteroatoms. The van der Waals surface area contributed by atoms with E-state index in [1.807, 2.05) is 4.90 Å². The molecule has 10 nitrogen and oxygen atoms in total. The second-order valence-corrected chi connectivity index (χ2v) is 8.70. The molecule has 2 aliphatic heterocycles. The van der Waals surface area contributed by atoms with Crippen LogP contribution in [0.3, 0.4) is 0 Å². The molecule has 0 unspecified atom stereocenters. The van der Waals surface area contributed by atoms with E-state index in [1.165, 1.54) is 10.6 Å². The Morgan fingerprint density at radius 1 is 1.09 bits per heavy atom. The molecule has 0 radical (unpaired) electrons. The molecule has 0 saturated carbocycles. The van der Waals surface area contributed by atoms with Crippen molar-refractivity contribution < 1.29 is 23.4 Å². The zero-order chi connectivity index (χ0) is 24.5. The molecule has 1 amide bonds. The number of amides is 1. The molecule has 2 fully saturated rings. The number of fused-ring (bicyclic) bond motifs is 1. The highest BCUT2D eigenvalue weighted by Crippen LogP contribution is 2.33. The Bertz CT molecular complexity index is 1230. The van der Waals surface area contributed by atoms with Gasteiger partial charge in [0.2, 0.25) is 17.8 Å². The van der Waals surface area contributed by atoms with Crippen molar-refractivity contribution in [2.24, 2.45) is 0 Å². The summed E-state index contributed by atoms with van der Waals surface area (Å²) < 4.78 is 34.7. The van der Waals surface area contributed by atoms with Crippen molar-refractivity contribution in [1.82, 2.24) is 29.4 Å². The number of nitrogens with zero attached hydrogens (tertiary/aromatic N) is 7. The topological polar surface area (TPSA) is 110 Å². The molecule has 2 aliphatic rings. The first-order valence-electron chi connectivity index (χ1n) is 11.4. The maximum atomic E-state index is 14.0. The van der Waals surface area contributed by atoms with E-state index in [4.69, 9.17) is 21.3 Å². The molecule has 4 heterocycles. The number of aromatic hydroxyl groups is 1. The van der Waals surface area contributed by atoms with Gasteiger partial charge in [0.05, 0.1) is 18.7 Å². The number of carbonyl (C=O) groups excluding carboxylic acids is 1. The van der Waals surface area contributed by atoms with Gasteiger partial charge in [-0.05, 0) is 25.0 Å². The molecule has 35 heavy (non-hydrogen) atoms. The van der Waals surface area contributed by atoms with Crippen LogP contribution in [0.15, 0.2) is 18.2 Å². The average molecular weight is 508 g/mol. The number of piperidine rings is 1. The van der Waals surface area contributed by atoms with Gasteiger partial charge in [0, 0.05) is 32.1 Å². The fourth-order valence-corrected chi connectivity index (χ4v) is 4.66. The Morgan fingerprint density at radius 3 is 2.49 bits per heavy atom. The Balaban J connectivity index is 1.60. The van der Waals surface area contributed by atoms with Gasteiger partial charge < -0.3 is 19.6 Å². The minimum Gasteiger partial charge on any atom is -0.506 e. The van der Waals surface area contributed by atoms with E-state index < -0.39 is 12.2 Å². The highest BCUT2D eigenvalue weighted by Gasteiger charge is 2.29. The highest BCUT2D eigenvalue weighted by molar-refractivity contribution is 6.27. The van der Waals surface area contributed by atoms with Crippen LogP contribution in [0.1, 0.15) is 36.8 Å². The van der Waals surface area contributed by atoms with Gasteiger partial charge in [-0.2, -0.15) is 15.0 Å². The largest absolute Gasteiger partial charge is 0.506 e. The number of morpholine rings is 1. The number of alkyl halides is 3. The van der Waals surface area contributed by atoms with Crippen molar-refractivity contribution in [3.05, 3.63) is 29.8 Å². The van der Waals surface area contributed by atoms with E-state index >= 15 is 0 Å². The first-order valence-corrected chi connectivity index (χ1v) is 11.9. The van der Waals surface area contributed by atoms with Crippen molar-refractivity contribution in [2.75, 3.05) is 50.2 Å². The van der Waals surface area contributed by atoms with E-state index in [2.05, 4.69) is 15.0 Å². The van der Waals surface area contributed by atoms with Crippen molar-refractivity contribution in [3.8, 4) is 11.7 Å². The zero-order valence-corrected chi connectivity index (χ0v) is 19.5. The summed E-state index contributed by atoms with van der Waals surface area (Å²) in [5.41, 5.74) is 0.318. The fraction of sp³-hybridized carbons (Fsp3) is 0.500. The van der Waals surface area contributed by atoms with Gasteiger partial charge in [0.25, 0.3) is 6.43 Å². The summed E-state index contributed by atoms with van der Waals surface area (Å²) in [6.45, 7) is 3.12. The predicted octanol–water partition coefficient (Wildman–Crippen LogP) is 2.64. The molecule has 2 aromatic heterocycles. The van der Waals surface area contributed by atoms with Crippen LogP contribution in [0, 0.1) is 0 Å². The van der Waals surface area contributed by atoms with E-state index in [9.17, 15) is 18.7 Å². The lowest BCUT2D eigenvalue weighted by Crippen LogP contribution is -2.40. The van der Waals surface area contributed by atoms with Crippen molar-refractivity contribution >= 4 is 34.5 Å². The van der Waals surface area contributed by atoms with Gasteiger partial charge in [-0.1, -0.05) is 6.07 Å². The normalized spacial score (nSPS) is 17.5. The number of rotatable bonds is 5. The van der Waals surface area contributed by atoms with Crippen LogP contribution in [0.25, 0.3) is 17.0 Å². The second-order valence-electron chi connectivity index (χ2n) is 8.43. The minimum absolute atomic E-state index is 0.0131. The maximum Gasteiger partial charge on any atom is 0.296 e. The Hall–Kier alpha value is -3.12. The maximum absolute atomic E-state index is 14.0. The van der Waals surface area contributed by atoms with Gasteiger partial charge in [0.15, 0.2) is 5.82 Å². The van der Waals surface area contributed by atoms with Crippen LogP contribution < -0.4 is 4.90 Å². The van der Waals surface area contributed by atoms with Gasteiger partial charge >= 0.3 is 0 Å². The van der Waals surface area contributed by atoms with E-state index in [1.54, 1.807) is 17.0 Å². The molecule has 0 spiro atoms. The molecular formula is C22H24ClF2N7O3. The first kappa shape index (κ1) is 23.6. The average Bonchev–Trinajstić information content (AvgIpc) is 3.30. The molecule has 0 aliphatic carbocycles. The van der Waals surface area contributed by atoms with Crippen LogP contribution in [-0.4, -0.2) is 85.7 Å². The van der Waals surface area contributed by atoms with Crippen LogP contribution in [0.4, 0.5) is 14.7 Å². The predicted molar refractivity (Wildman–Crippen MR) is 123 cm³/mol. The Morgan fingerprint density at radius 2 is 1.80 bits per heavy atom. The monoisotopic (exact) mass is 507 g/mol. The quantitative estimate of drug-likeness (QED) is 0.525. The number of para-hydroxylation sites is 1. The van der Waals surface area contributed by atoms with Crippen molar-refractivity contribution in [1.29, 1.82) is 0 Å². The van der Waals surface area contributed by atoms with Crippen LogP contribution in [0.2, 0.25) is 0 Å². The molecule has 0 bridgehead atoms. The Kier molecular flexibility index (Phi) is 6.65. The van der Waals surface area contributed by atoms with Crippen LogP contribution in [0.5, 0.6) is 5.75 Å². The lowest BCUT2D eigenvalue weighted by Gasteiger charge is -2.32. The standard InChI is InChI=1S/C22H24ClF2N7O3/c23-12-16(34)30-6-4-13(5-7-30)19-27-21(31-8-10-35-11-9-31)29-22(28-19)32-14-2-1-3-15(33)17(14)26-20(32)18(24)25/h1-3,13,18,33H,4-12H2. The summed E-state index contributed by atoms with van der Waals surface area (Å²) in [4.78, 5) is 33.4. The molecule has 1 N–H and O–H groups in total. The summed E-state index contributed by atoms with van der Waals surface area (Å²) in [5, 5.41) is 10.2. The fourth-order valence-electron chi connectivity index (χ4n) is 4.49. The van der Waals surface area contributed by atoms with Crippen molar-refractivity contribution in [3.63, 3.8) is 0 Å². The van der Waals surface area contributed by atoms with Crippen molar-refractivity contribution in [2.45, 2.75) is 25.2 Å². The first-order chi connectivity index (χ1) is 17.0. The smallest absolute Gasteiger partial charge is 0.296 e. The van der Waals surface area contributed by atoms with Gasteiger partial charge in [-0.3, -0.25) is 9.36 Å². The number of hydrogen-bond donors (Lipinski definition) is 1. The lowest BCUT2D eigenvalue weighted by molar-refractivity contribution is -0.129. The highest BCUT2D eigenvalue weighted by atomic mass is 35.5. The summed E-state index contributed by atoms with van der Waals surface area (Å²) in [6, 6.07) is 4.53. The summed E-state index contributed by atoms with van der Waals surface area (Å²) >= 11 is 5.69. The third-order valence-electron chi connectivity index (χ3n) is 6.34. The zero-order valence-electron chi connectivity index (χ0n) is 18.8. The molecule has 0 atom stereocenters. The number of phenols is 1. The van der Waals surface area contributed by atoms with E-state index in [0.29, 0.717) is 64.0 Å². The number of hydrogen-bond acceptors (Lipinski definition) is 8. The number of phenolic OH excluding ortho intramolecular Hbond substituents is 1. The SMILES string of the molecule is O=C(CCl)N1CCC(c2nc(N3CCOCC3)nc(-n3c(C(F)F)nc4c(O)cccc43)n2)CC1. The van der Waals surface area contributed by atoms with E-state index in [-0.39, 0.29) is 40.4 Å². The summed E-state index contributed by atoms with van der Waals surface area (Å²) in [6.07, 6.45) is -1.69. The number of anilines is 1. The second kappa shape index (κ2) is 9.86. The Labute approximate surface area is 204 Å². The molecule has 1 aromatic carbocycles. The summed E-state index contributed by atoms with van der Waals surface area (Å²) in [7, 11) is 0. The molecular weight excluding hydrogens is 484 g/mol. The lowest BCUT2D eigenvalue weighted by atomic mass is 9.96. The van der Waals surface area contributed by atoms with Crippen LogP contribution in [-0.2, 0) is 9.53 Å². The van der Waals surface area contributed by atoms with Gasteiger partial charge in [-0.25, -0.2) is 13.8 Å². The number of ether oxygens (including phenoxy) is 1. The van der Waals surface area contributed by atoms with Crippen LogP contribution >= 0.6 is 11.6 Å². The van der Waals surface area contributed by atoms with Gasteiger partial charge in [-0.15, -0.1) is 11.6 Å². The number of halogens is 3. The van der Waals surface area contributed by atoms with Gasteiger partial charge in [0.1, 0.15) is 23.0 Å². The van der Waals surface area contributed by atoms with E-state index in [0.717, 1.165) is 0 Å². The molecule has 5 rings (SSSR count). The number of benzene rings is 1. The third kappa shape index (κ3) is 4.59. The molecule has 3 aromatic rings.